The Kier molecular flexibility index (Phi) is 4.78. The Morgan fingerprint density at radius 1 is 1.38 bits per heavy atom. The van der Waals surface area contributed by atoms with Crippen molar-refractivity contribution in [1.29, 1.82) is 0 Å². The van der Waals surface area contributed by atoms with Crippen LogP contribution in [0.25, 0.3) is 11.0 Å². The van der Waals surface area contributed by atoms with Gasteiger partial charge in [0.15, 0.2) is 0 Å². The average molecular weight is 369 g/mol. The lowest BCUT2D eigenvalue weighted by Gasteiger charge is -2.15. The van der Waals surface area contributed by atoms with Crippen LogP contribution in [0.1, 0.15) is 44.9 Å². The number of aromatic nitrogens is 2. The molecule has 3 heterocycles. The van der Waals surface area contributed by atoms with Crippen LogP contribution in [0.4, 0.5) is 0 Å². The van der Waals surface area contributed by atoms with Crippen LogP contribution in [-0.4, -0.2) is 41.0 Å². The number of aromatic amines is 1. The standard InChI is InChI=1S/C20H23N3O2S/c1-13-5-3-6-14-19(13)22-18(21-14)10-11-23(2)20(24)17-9-8-16(26-17)15-7-4-12-25-15/h3,5-6,8-9,15H,4,7,10-12H2,1-2H3,(H,21,22)/t15-/m1/s1. The lowest BCUT2D eigenvalue weighted by molar-refractivity contribution is 0.0801. The molecule has 2 aromatic heterocycles. The Balaban J connectivity index is 1.40. The zero-order valence-electron chi connectivity index (χ0n) is 15.1. The molecule has 1 N–H and O–H groups in total. The molecule has 1 atom stereocenters. The summed E-state index contributed by atoms with van der Waals surface area (Å²) in [6.07, 6.45) is 3.03. The van der Waals surface area contributed by atoms with Gasteiger partial charge in [0.1, 0.15) is 5.82 Å². The molecule has 1 aliphatic rings. The fourth-order valence-electron chi connectivity index (χ4n) is 3.35. The van der Waals surface area contributed by atoms with Gasteiger partial charge < -0.3 is 14.6 Å². The molecule has 4 rings (SSSR count). The van der Waals surface area contributed by atoms with Crippen molar-refractivity contribution in [3.8, 4) is 0 Å². The van der Waals surface area contributed by atoms with E-state index in [1.165, 1.54) is 0 Å². The number of para-hydroxylation sites is 1. The highest BCUT2D eigenvalue weighted by Gasteiger charge is 2.22. The Bertz CT molecular complexity index is 924. The number of fused-ring (bicyclic) bond motifs is 1. The highest BCUT2D eigenvalue weighted by atomic mass is 32.1. The van der Waals surface area contributed by atoms with Gasteiger partial charge in [-0.1, -0.05) is 12.1 Å². The second kappa shape index (κ2) is 7.21. The van der Waals surface area contributed by atoms with Gasteiger partial charge in [-0.05, 0) is 43.5 Å². The predicted molar refractivity (Wildman–Crippen MR) is 104 cm³/mol. The lowest BCUT2D eigenvalue weighted by atomic mass is 10.2. The molecule has 136 valence electrons. The van der Waals surface area contributed by atoms with E-state index in [9.17, 15) is 4.79 Å². The van der Waals surface area contributed by atoms with Gasteiger partial charge in [-0.15, -0.1) is 11.3 Å². The van der Waals surface area contributed by atoms with Crippen molar-refractivity contribution in [3.05, 3.63) is 51.5 Å². The van der Waals surface area contributed by atoms with Crippen LogP contribution in [0.5, 0.6) is 0 Å². The first kappa shape index (κ1) is 17.2. The molecule has 0 saturated carbocycles. The van der Waals surface area contributed by atoms with Crippen molar-refractivity contribution < 1.29 is 9.53 Å². The minimum atomic E-state index is 0.0616. The van der Waals surface area contributed by atoms with Crippen LogP contribution in [0.15, 0.2) is 30.3 Å². The van der Waals surface area contributed by atoms with E-state index in [4.69, 9.17) is 4.74 Å². The molecular weight excluding hydrogens is 346 g/mol. The minimum absolute atomic E-state index is 0.0616. The van der Waals surface area contributed by atoms with Crippen LogP contribution < -0.4 is 0 Å². The first-order valence-corrected chi connectivity index (χ1v) is 9.84. The summed E-state index contributed by atoms with van der Waals surface area (Å²) in [5.41, 5.74) is 3.22. The van der Waals surface area contributed by atoms with Crippen LogP contribution in [0.2, 0.25) is 0 Å². The molecule has 1 amide bonds. The summed E-state index contributed by atoms with van der Waals surface area (Å²) in [6, 6.07) is 10.1. The van der Waals surface area contributed by atoms with E-state index in [2.05, 4.69) is 23.0 Å². The fraction of sp³-hybridized carbons (Fsp3) is 0.400. The molecule has 0 aliphatic carbocycles. The molecule has 0 unspecified atom stereocenters. The summed E-state index contributed by atoms with van der Waals surface area (Å²) < 4.78 is 5.71. The van der Waals surface area contributed by atoms with Gasteiger partial charge in [-0.25, -0.2) is 4.98 Å². The van der Waals surface area contributed by atoms with Gasteiger partial charge >= 0.3 is 0 Å². The number of hydrogen-bond acceptors (Lipinski definition) is 4. The van der Waals surface area contributed by atoms with Gasteiger partial charge in [0.25, 0.3) is 5.91 Å². The molecular formula is C20H23N3O2S. The smallest absolute Gasteiger partial charge is 0.263 e. The summed E-state index contributed by atoms with van der Waals surface area (Å²) in [6.45, 7) is 3.51. The number of carbonyl (C=O) groups is 1. The number of benzene rings is 1. The Labute approximate surface area is 157 Å². The Morgan fingerprint density at radius 2 is 2.27 bits per heavy atom. The minimum Gasteiger partial charge on any atom is -0.373 e. The van der Waals surface area contributed by atoms with Gasteiger partial charge in [-0.3, -0.25) is 4.79 Å². The molecule has 0 radical (unpaired) electrons. The first-order valence-electron chi connectivity index (χ1n) is 9.03. The van der Waals surface area contributed by atoms with Crippen molar-refractivity contribution in [2.24, 2.45) is 0 Å². The van der Waals surface area contributed by atoms with E-state index in [0.717, 1.165) is 51.6 Å². The molecule has 0 spiro atoms. The van der Waals surface area contributed by atoms with E-state index in [1.807, 2.05) is 31.3 Å². The lowest BCUT2D eigenvalue weighted by Crippen LogP contribution is -2.28. The Morgan fingerprint density at radius 3 is 3.04 bits per heavy atom. The van der Waals surface area contributed by atoms with E-state index in [-0.39, 0.29) is 12.0 Å². The van der Waals surface area contributed by atoms with Gasteiger partial charge in [0, 0.05) is 31.5 Å². The number of rotatable bonds is 5. The van der Waals surface area contributed by atoms with E-state index in [0.29, 0.717) is 13.0 Å². The molecule has 1 aliphatic heterocycles. The van der Waals surface area contributed by atoms with Gasteiger partial charge in [0.05, 0.1) is 22.0 Å². The van der Waals surface area contributed by atoms with Crippen LogP contribution >= 0.6 is 11.3 Å². The zero-order chi connectivity index (χ0) is 18.1. The van der Waals surface area contributed by atoms with Crippen molar-refractivity contribution in [3.63, 3.8) is 0 Å². The fourth-order valence-corrected chi connectivity index (χ4v) is 4.44. The van der Waals surface area contributed by atoms with E-state index >= 15 is 0 Å². The number of thiophene rings is 1. The maximum absolute atomic E-state index is 12.7. The van der Waals surface area contributed by atoms with Crippen molar-refractivity contribution in [2.75, 3.05) is 20.2 Å². The second-order valence-corrected chi connectivity index (χ2v) is 7.95. The molecule has 1 saturated heterocycles. The molecule has 6 heteroatoms. The third kappa shape index (κ3) is 3.39. The van der Waals surface area contributed by atoms with Gasteiger partial charge in [0.2, 0.25) is 0 Å². The van der Waals surface area contributed by atoms with Crippen molar-refractivity contribution in [1.82, 2.24) is 14.9 Å². The zero-order valence-corrected chi connectivity index (χ0v) is 15.9. The number of hydrogen-bond donors (Lipinski definition) is 1. The van der Waals surface area contributed by atoms with Crippen LogP contribution in [-0.2, 0) is 11.2 Å². The third-order valence-corrected chi connectivity index (χ3v) is 6.04. The average Bonchev–Trinajstić information content (AvgIpc) is 3.38. The molecule has 5 nitrogen and oxygen atoms in total. The summed E-state index contributed by atoms with van der Waals surface area (Å²) in [5.74, 6) is 0.978. The summed E-state index contributed by atoms with van der Waals surface area (Å²) in [7, 11) is 1.85. The molecule has 26 heavy (non-hydrogen) atoms. The predicted octanol–water partition coefficient (Wildman–Crippen LogP) is 4.10. The number of aryl methyl sites for hydroxylation is 1. The molecule has 1 fully saturated rings. The first-order chi connectivity index (χ1) is 12.6. The number of nitrogens with zero attached hydrogens (tertiary/aromatic N) is 2. The molecule has 3 aromatic rings. The molecule has 1 aromatic carbocycles. The second-order valence-electron chi connectivity index (χ2n) is 6.83. The largest absolute Gasteiger partial charge is 0.373 e. The number of carbonyl (C=O) groups excluding carboxylic acids is 1. The third-order valence-electron chi connectivity index (χ3n) is 4.88. The van der Waals surface area contributed by atoms with Crippen LogP contribution in [0.3, 0.4) is 0 Å². The number of ether oxygens (including phenoxy) is 1. The maximum atomic E-state index is 12.7. The highest BCUT2D eigenvalue weighted by Crippen LogP contribution is 2.33. The van der Waals surface area contributed by atoms with Crippen molar-refractivity contribution in [2.45, 2.75) is 32.3 Å². The SMILES string of the molecule is Cc1cccc2[nH]c(CCN(C)C(=O)c3ccc([C@H]4CCCO4)s3)nc12. The van der Waals surface area contributed by atoms with Gasteiger partial charge in [-0.2, -0.15) is 0 Å². The monoisotopic (exact) mass is 369 g/mol. The number of amides is 1. The summed E-state index contributed by atoms with van der Waals surface area (Å²) in [5, 5.41) is 0. The van der Waals surface area contributed by atoms with E-state index in [1.54, 1.807) is 16.2 Å². The number of H-pyrrole nitrogens is 1. The maximum Gasteiger partial charge on any atom is 0.263 e. The summed E-state index contributed by atoms with van der Waals surface area (Å²) >= 11 is 1.55. The summed E-state index contributed by atoms with van der Waals surface area (Å²) in [4.78, 5) is 24.4. The quantitative estimate of drug-likeness (QED) is 0.737. The normalized spacial score (nSPS) is 17.1. The number of likely N-dealkylation sites (N-methyl/N-ethyl adjacent to an activating group) is 1. The number of nitrogens with one attached hydrogen (secondary N) is 1. The van der Waals surface area contributed by atoms with Crippen molar-refractivity contribution >= 4 is 28.3 Å². The Hall–Kier alpha value is -2.18. The topological polar surface area (TPSA) is 58.2 Å². The van der Waals surface area contributed by atoms with Crippen LogP contribution in [0, 0.1) is 6.92 Å². The highest BCUT2D eigenvalue weighted by molar-refractivity contribution is 7.14. The number of imidazole rings is 1. The molecule has 0 bridgehead atoms. The van der Waals surface area contributed by atoms with E-state index < -0.39 is 0 Å².